The number of nitrogens with two attached hydrogens (primary N) is 1. The van der Waals surface area contributed by atoms with Gasteiger partial charge in [-0.25, -0.2) is 0 Å². The first-order valence-corrected chi connectivity index (χ1v) is 18.5. The highest BCUT2D eigenvalue weighted by Gasteiger charge is 2.20. The minimum absolute atomic E-state index is 0.435. The minimum atomic E-state index is -0.436. The average molecular weight is 694 g/mol. The predicted octanol–water partition coefficient (Wildman–Crippen LogP) is 12.5. The molecule has 0 bridgehead atoms. The van der Waals surface area contributed by atoms with Crippen molar-refractivity contribution in [2.45, 2.75) is 12.3 Å². The molecule has 0 fully saturated rings. The molecule has 2 unspecified atom stereocenters. The Kier molecular flexibility index (Phi) is 9.08. The lowest BCUT2D eigenvalue weighted by atomic mass is 9.89. The molecule has 0 aliphatic heterocycles. The molecule has 0 heterocycles. The third kappa shape index (κ3) is 6.59. The Hall–Kier alpha value is -6.65. The Morgan fingerprint density at radius 3 is 1.80 bits per heavy atom. The van der Waals surface area contributed by atoms with Gasteiger partial charge in [-0.1, -0.05) is 188 Å². The van der Waals surface area contributed by atoms with Gasteiger partial charge in [0, 0.05) is 6.21 Å². The summed E-state index contributed by atoms with van der Waals surface area (Å²) in [5.41, 5.74) is 16.9. The molecular weight excluding hydrogens is 655 g/mol. The highest BCUT2D eigenvalue weighted by molar-refractivity contribution is 6.20. The van der Waals surface area contributed by atoms with Crippen LogP contribution in [0, 0.1) is 0 Å². The Morgan fingerprint density at radius 1 is 0.444 bits per heavy atom. The van der Waals surface area contributed by atoms with Gasteiger partial charge in [-0.15, -0.1) is 0 Å². The summed E-state index contributed by atoms with van der Waals surface area (Å²) < 4.78 is 0. The number of nitrogens with one attached hydrogen (secondary N) is 1. The summed E-state index contributed by atoms with van der Waals surface area (Å²) in [7, 11) is 0. The van der Waals surface area contributed by atoms with E-state index in [0.29, 0.717) is 0 Å². The Bertz CT molecular complexity index is 2740. The first-order chi connectivity index (χ1) is 26.7. The summed E-state index contributed by atoms with van der Waals surface area (Å²) in [6.07, 6.45) is 1.10. The third-order valence-electron chi connectivity index (χ3n) is 10.4. The van der Waals surface area contributed by atoms with Gasteiger partial charge in [0.05, 0.1) is 6.17 Å². The summed E-state index contributed by atoms with van der Waals surface area (Å²) in [5.74, 6) is 0. The quantitative estimate of drug-likeness (QED) is 0.0684. The van der Waals surface area contributed by atoms with Crippen molar-refractivity contribution in [1.82, 2.24) is 5.32 Å². The van der Waals surface area contributed by atoms with Crippen LogP contribution in [0.25, 0.3) is 65.7 Å². The second-order valence-electron chi connectivity index (χ2n) is 13.7. The van der Waals surface area contributed by atoms with Crippen LogP contribution in [0.1, 0.15) is 29.0 Å². The van der Waals surface area contributed by atoms with E-state index in [4.69, 9.17) is 10.7 Å². The van der Waals surface area contributed by atoms with E-state index in [-0.39, 0.29) is 0 Å². The SMILES string of the molecule is NC(NC(N=Cc1ccc(-c2c3ccccc3cc3c2ccc2ccccc23)cc1)c1cc(-c2ccccc2)ccc1-c1ccccc1)c1ccccc1. The van der Waals surface area contributed by atoms with Gasteiger partial charge in [-0.2, -0.15) is 0 Å². The molecule has 3 heteroatoms. The Morgan fingerprint density at radius 2 is 1.06 bits per heavy atom. The number of rotatable bonds is 9. The molecule has 0 radical (unpaired) electrons. The highest BCUT2D eigenvalue weighted by atomic mass is 15.1. The molecule has 3 nitrogen and oxygen atoms in total. The maximum absolute atomic E-state index is 6.86. The average Bonchev–Trinajstić information content (AvgIpc) is 3.25. The Balaban J connectivity index is 1.13. The lowest BCUT2D eigenvalue weighted by Crippen LogP contribution is -2.32. The van der Waals surface area contributed by atoms with Gasteiger partial charge < -0.3 is 5.73 Å². The van der Waals surface area contributed by atoms with Crippen molar-refractivity contribution >= 4 is 38.5 Å². The second kappa shape index (κ2) is 14.8. The van der Waals surface area contributed by atoms with Crippen LogP contribution in [0.3, 0.4) is 0 Å². The zero-order valence-electron chi connectivity index (χ0n) is 29.8. The summed E-state index contributed by atoms with van der Waals surface area (Å²) in [6, 6.07) is 70.8. The molecule has 0 aliphatic rings. The predicted molar refractivity (Wildman–Crippen MR) is 229 cm³/mol. The van der Waals surface area contributed by atoms with Crippen molar-refractivity contribution < 1.29 is 0 Å². The van der Waals surface area contributed by atoms with E-state index in [1.807, 2.05) is 36.5 Å². The first-order valence-electron chi connectivity index (χ1n) is 18.5. The highest BCUT2D eigenvalue weighted by Crippen LogP contribution is 2.39. The number of nitrogens with zero attached hydrogens (tertiary/aromatic N) is 1. The number of hydrogen-bond acceptors (Lipinski definition) is 3. The van der Waals surface area contributed by atoms with E-state index < -0.39 is 12.3 Å². The van der Waals surface area contributed by atoms with Gasteiger partial charge >= 0.3 is 0 Å². The maximum atomic E-state index is 6.86. The standard InChI is InChI=1S/C51H39N3/c52-50(40-19-8-3-9-20-40)54-51(48-32-41(36-14-4-1-5-15-36)29-30-44(48)37-16-6-2-7-17-37)53-34-35-24-26-39(27-25-35)49-45-23-13-11-21-42(45)33-47-43-22-12-10-18-38(43)28-31-46(47)49/h1-34,50-51,54H,52H2. The lowest BCUT2D eigenvalue weighted by molar-refractivity contribution is 0.468. The van der Waals surface area contributed by atoms with Crippen molar-refractivity contribution in [3.8, 4) is 33.4 Å². The fourth-order valence-corrected chi connectivity index (χ4v) is 7.65. The van der Waals surface area contributed by atoms with E-state index in [1.165, 1.54) is 43.4 Å². The third-order valence-corrected chi connectivity index (χ3v) is 10.4. The molecule has 9 rings (SSSR count). The number of aliphatic imine (C=N–C) groups is 1. The molecule has 2 atom stereocenters. The largest absolute Gasteiger partial charge is 0.312 e. The molecule has 0 saturated carbocycles. The van der Waals surface area contributed by atoms with E-state index in [2.05, 4.69) is 175 Å². The molecule has 0 aliphatic carbocycles. The van der Waals surface area contributed by atoms with E-state index in [1.54, 1.807) is 0 Å². The summed E-state index contributed by atoms with van der Waals surface area (Å²) in [6.45, 7) is 0. The van der Waals surface area contributed by atoms with Crippen molar-refractivity contribution in [3.05, 3.63) is 217 Å². The van der Waals surface area contributed by atoms with Crippen LogP contribution in [0.4, 0.5) is 0 Å². The van der Waals surface area contributed by atoms with Crippen molar-refractivity contribution in [1.29, 1.82) is 0 Å². The Labute approximate surface area is 316 Å². The second-order valence-corrected chi connectivity index (χ2v) is 13.7. The normalized spacial score (nSPS) is 12.8. The van der Waals surface area contributed by atoms with Crippen LogP contribution in [0.5, 0.6) is 0 Å². The number of fused-ring (bicyclic) bond motifs is 4. The molecule has 0 amide bonds. The first kappa shape index (κ1) is 33.2. The van der Waals surface area contributed by atoms with Crippen LogP contribution >= 0.6 is 0 Å². The van der Waals surface area contributed by atoms with Crippen molar-refractivity contribution in [3.63, 3.8) is 0 Å². The fourth-order valence-electron chi connectivity index (χ4n) is 7.65. The van der Waals surface area contributed by atoms with Crippen LogP contribution in [-0.2, 0) is 0 Å². The molecule has 54 heavy (non-hydrogen) atoms. The van der Waals surface area contributed by atoms with Crippen LogP contribution in [0.15, 0.2) is 205 Å². The number of benzene rings is 9. The minimum Gasteiger partial charge on any atom is -0.312 e. The molecule has 3 N–H and O–H groups in total. The van der Waals surface area contributed by atoms with Gasteiger partial charge in [0.15, 0.2) is 0 Å². The zero-order chi connectivity index (χ0) is 36.3. The molecule has 9 aromatic carbocycles. The van der Waals surface area contributed by atoms with Crippen LogP contribution in [-0.4, -0.2) is 6.21 Å². The maximum Gasteiger partial charge on any atom is 0.127 e. The fraction of sp³-hybridized carbons (Fsp3) is 0.0392. The molecule has 258 valence electrons. The van der Waals surface area contributed by atoms with Gasteiger partial charge in [0.2, 0.25) is 0 Å². The van der Waals surface area contributed by atoms with Crippen LogP contribution < -0.4 is 11.1 Å². The van der Waals surface area contributed by atoms with E-state index in [0.717, 1.165) is 38.9 Å². The van der Waals surface area contributed by atoms with E-state index in [9.17, 15) is 0 Å². The number of hydrogen-bond donors (Lipinski definition) is 2. The summed E-state index contributed by atoms with van der Waals surface area (Å²) in [4.78, 5) is 5.27. The lowest BCUT2D eigenvalue weighted by Gasteiger charge is -2.24. The smallest absolute Gasteiger partial charge is 0.127 e. The molecule has 0 saturated heterocycles. The van der Waals surface area contributed by atoms with Gasteiger partial charge in [0.25, 0.3) is 0 Å². The van der Waals surface area contributed by atoms with Gasteiger partial charge in [0.1, 0.15) is 6.17 Å². The van der Waals surface area contributed by atoms with Crippen molar-refractivity contribution in [2.24, 2.45) is 10.7 Å². The molecule has 0 spiro atoms. The van der Waals surface area contributed by atoms with Gasteiger partial charge in [-0.05, 0) is 94.5 Å². The summed E-state index contributed by atoms with van der Waals surface area (Å²) >= 11 is 0. The molecular formula is C51H39N3. The topological polar surface area (TPSA) is 50.4 Å². The van der Waals surface area contributed by atoms with Crippen molar-refractivity contribution in [2.75, 3.05) is 0 Å². The summed E-state index contributed by atoms with van der Waals surface area (Å²) in [5, 5.41) is 11.2. The molecule has 9 aromatic rings. The van der Waals surface area contributed by atoms with Crippen LogP contribution in [0.2, 0.25) is 0 Å². The molecule has 0 aromatic heterocycles. The monoisotopic (exact) mass is 693 g/mol. The zero-order valence-corrected chi connectivity index (χ0v) is 29.8. The van der Waals surface area contributed by atoms with Gasteiger partial charge in [-0.3, -0.25) is 10.3 Å². The van der Waals surface area contributed by atoms with E-state index >= 15 is 0 Å².